The number of methoxy groups -OCH3 is 1. The van der Waals surface area contributed by atoms with Crippen LogP contribution in [0.2, 0.25) is 0 Å². The van der Waals surface area contributed by atoms with Crippen LogP contribution >= 0.6 is 0 Å². The minimum atomic E-state index is -1.25. The molecule has 0 saturated carbocycles. The highest BCUT2D eigenvalue weighted by molar-refractivity contribution is 5.99. The Kier molecular flexibility index (Phi) is 4.85. The van der Waals surface area contributed by atoms with Crippen molar-refractivity contribution in [3.63, 3.8) is 0 Å². The molecule has 0 bridgehead atoms. The van der Waals surface area contributed by atoms with Crippen molar-refractivity contribution in [1.29, 1.82) is 0 Å². The number of urea groups is 1. The minimum absolute atomic E-state index is 0.302. The number of amides is 2. The fraction of sp³-hybridized carbons (Fsp3) is 0.176. The van der Waals surface area contributed by atoms with Crippen LogP contribution in [0.4, 0.5) is 10.5 Å². The largest absolute Gasteiger partial charge is 0.495 e. The van der Waals surface area contributed by atoms with Gasteiger partial charge in [0.2, 0.25) is 0 Å². The van der Waals surface area contributed by atoms with E-state index in [1.807, 2.05) is 13.0 Å². The summed E-state index contributed by atoms with van der Waals surface area (Å²) in [5.41, 5.74) is 7.12. The van der Waals surface area contributed by atoms with Gasteiger partial charge in [0.25, 0.3) is 0 Å². The normalized spacial score (nSPS) is 11.6. The van der Waals surface area contributed by atoms with Crippen LogP contribution in [0.5, 0.6) is 5.75 Å². The Morgan fingerprint density at radius 1 is 1.17 bits per heavy atom. The number of rotatable bonds is 5. The van der Waals surface area contributed by atoms with E-state index >= 15 is 0 Å². The number of aliphatic carboxylic acids is 1. The number of primary amides is 1. The number of aryl methyl sites for hydroxylation is 1. The number of anilines is 1. The molecule has 2 aromatic rings. The van der Waals surface area contributed by atoms with Gasteiger partial charge in [-0.15, -0.1) is 0 Å². The number of benzene rings is 2. The maximum atomic E-state index is 12.0. The number of hydrogen-bond donors (Lipinski definition) is 2. The van der Waals surface area contributed by atoms with Gasteiger partial charge in [-0.25, -0.2) is 9.59 Å². The van der Waals surface area contributed by atoms with E-state index in [2.05, 4.69) is 0 Å². The van der Waals surface area contributed by atoms with E-state index in [1.165, 1.54) is 7.11 Å². The number of carbonyl (C=O) groups is 2. The highest BCUT2D eigenvalue weighted by atomic mass is 16.5. The lowest BCUT2D eigenvalue weighted by molar-refractivity contribution is -0.138. The molecular formula is C17H18N2O4. The molecule has 6 nitrogen and oxygen atoms in total. The number of carbonyl (C=O) groups excluding carboxylic acids is 1. The standard InChI is InChI=1S/C17H18N2O4/c1-11-6-5-7-12(10-11)15(16(20)21)19(17(18)22)13-8-3-4-9-14(13)23-2/h3-10,15H,1-2H3,(H2,18,22)(H,20,21). The summed E-state index contributed by atoms with van der Waals surface area (Å²) in [6, 6.07) is 11.5. The van der Waals surface area contributed by atoms with Gasteiger partial charge in [0.05, 0.1) is 12.8 Å². The zero-order valence-electron chi connectivity index (χ0n) is 12.9. The van der Waals surface area contributed by atoms with Gasteiger partial charge in [0, 0.05) is 0 Å². The number of hydrogen-bond acceptors (Lipinski definition) is 3. The van der Waals surface area contributed by atoms with Crippen LogP contribution in [0.15, 0.2) is 48.5 Å². The molecule has 0 spiro atoms. The second-order valence-electron chi connectivity index (χ2n) is 5.04. The smallest absolute Gasteiger partial charge is 0.331 e. The van der Waals surface area contributed by atoms with Crippen molar-refractivity contribution in [3.8, 4) is 5.75 Å². The fourth-order valence-corrected chi connectivity index (χ4v) is 2.46. The van der Waals surface area contributed by atoms with Crippen molar-refractivity contribution >= 4 is 17.7 Å². The highest BCUT2D eigenvalue weighted by Crippen LogP contribution is 2.34. The lowest BCUT2D eigenvalue weighted by atomic mass is 10.0. The molecule has 0 heterocycles. The molecule has 6 heteroatoms. The quantitative estimate of drug-likeness (QED) is 0.887. The predicted molar refractivity (Wildman–Crippen MR) is 86.6 cm³/mol. The van der Waals surface area contributed by atoms with Crippen molar-refractivity contribution in [3.05, 3.63) is 59.7 Å². The Morgan fingerprint density at radius 3 is 2.43 bits per heavy atom. The van der Waals surface area contributed by atoms with Crippen molar-refractivity contribution in [2.45, 2.75) is 13.0 Å². The third-order valence-corrected chi connectivity index (χ3v) is 3.43. The van der Waals surface area contributed by atoms with E-state index in [-0.39, 0.29) is 0 Å². The summed E-state index contributed by atoms with van der Waals surface area (Å²) in [4.78, 5) is 24.9. The second kappa shape index (κ2) is 6.83. The molecule has 3 N–H and O–H groups in total. The van der Waals surface area contributed by atoms with Crippen molar-refractivity contribution in [2.75, 3.05) is 12.0 Å². The Morgan fingerprint density at radius 2 is 1.87 bits per heavy atom. The average Bonchev–Trinajstić information content (AvgIpc) is 2.51. The summed E-state index contributed by atoms with van der Waals surface area (Å²) in [5.74, 6) is -0.814. The third-order valence-electron chi connectivity index (χ3n) is 3.43. The molecule has 0 saturated heterocycles. The van der Waals surface area contributed by atoms with E-state index in [4.69, 9.17) is 10.5 Å². The summed E-state index contributed by atoms with van der Waals surface area (Å²) in [6.45, 7) is 1.85. The molecule has 0 fully saturated rings. The first-order valence-electron chi connectivity index (χ1n) is 6.96. The number of para-hydroxylation sites is 2. The van der Waals surface area contributed by atoms with Crippen LogP contribution in [0.1, 0.15) is 17.2 Å². The highest BCUT2D eigenvalue weighted by Gasteiger charge is 2.33. The number of nitrogens with zero attached hydrogens (tertiary/aromatic N) is 1. The Hall–Kier alpha value is -3.02. The molecule has 0 aromatic heterocycles. The van der Waals surface area contributed by atoms with Crippen LogP contribution in [-0.2, 0) is 4.79 Å². The molecule has 1 atom stereocenters. The summed E-state index contributed by atoms with van der Waals surface area (Å²) >= 11 is 0. The van der Waals surface area contributed by atoms with Gasteiger partial charge in [-0.3, -0.25) is 4.90 Å². The zero-order chi connectivity index (χ0) is 17.0. The van der Waals surface area contributed by atoms with Gasteiger partial charge < -0.3 is 15.6 Å². The maximum Gasteiger partial charge on any atom is 0.331 e. The number of ether oxygens (including phenoxy) is 1. The van der Waals surface area contributed by atoms with E-state index in [9.17, 15) is 14.7 Å². The topological polar surface area (TPSA) is 92.9 Å². The van der Waals surface area contributed by atoms with Crippen molar-refractivity contribution < 1.29 is 19.4 Å². The molecule has 2 amide bonds. The van der Waals surface area contributed by atoms with Gasteiger partial charge in [0.1, 0.15) is 5.75 Å². The molecule has 2 rings (SSSR count). The Labute approximate surface area is 134 Å². The fourth-order valence-electron chi connectivity index (χ4n) is 2.46. The molecule has 0 aliphatic carbocycles. The SMILES string of the molecule is COc1ccccc1N(C(N)=O)C(C(=O)O)c1cccc(C)c1. The summed E-state index contributed by atoms with van der Waals surface area (Å²) < 4.78 is 5.22. The van der Waals surface area contributed by atoms with Crippen LogP contribution < -0.4 is 15.4 Å². The van der Waals surface area contributed by atoms with E-state index < -0.39 is 18.0 Å². The maximum absolute atomic E-state index is 12.0. The second-order valence-corrected chi connectivity index (χ2v) is 5.04. The van der Waals surface area contributed by atoms with Crippen molar-refractivity contribution in [2.24, 2.45) is 5.73 Å². The van der Waals surface area contributed by atoms with Crippen LogP contribution in [-0.4, -0.2) is 24.2 Å². The van der Waals surface area contributed by atoms with Gasteiger partial charge in [0.15, 0.2) is 6.04 Å². The molecule has 23 heavy (non-hydrogen) atoms. The third kappa shape index (κ3) is 3.42. The van der Waals surface area contributed by atoms with Crippen LogP contribution in [0.25, 0.3) is 0 Å². The van der Waals surface area contributed by atoms with Crippen molar-refractivity contribution in [1.82, 2.24) is 0 Å². The Bertz CT molecular complexity index is 730. The molecule has 0 aliphatic rings. The average molecular weight is 314 g/mol. The monoisotopic (exact) mass is 314 g/mol. The molecule has 0 aliphatic heterocycles. The first-order valence-corrected chi connectivity index (χ1v) is 6.96. The zero-order valence-corrected chi connectivity index (χ0v) is 12.9. The number of carboxylic acid groups (broad SMARTS) is 1. The van der Waals surface area contributed by atoms with E-state index in [0.29, 0.717) is 17.0 Å². The molecule has 120 valence electrons. The lowest BCUT2D eigenvalue weighted by Crippen LogP contribution is -2.42. The summed E-state index contributed by atoms with van der Waals surface area (Å²) in [7, 11) is 1.44. The predicted octanol–water partition coefficient (Wildman–Crippen LogP) is 2.71. The van der Waals surface area contributed by atoms with Gasteiger partial charge >= 0.3 is 12.0 Å². The number of nitrogens with two attached hydrogens (primary N) is 1. The van der Waals surface area contributed by atoms with Crippen LogP contribution in [0.3, 0.4) is 0 Å². The van der Waals surface area contributed by atoms with Gasteiger partial charge in [-0.1, -0.05) is 42.0 Å². The van der Waals surface area contributed by atoms with Gasteiger partial charge in [-0.2, -0.15) is 0 Å². The molecule has 0 radical (unpaired) electrons. The molecular weight excluding hydrogens is 296 g/mol. The van der Waals surface area contributed by atoms with Gasteiger partial charge in [-0.05, 0) is 24.6 Å². The first kappa shape index (κ1) is 16.4. The van der Waals surface area contributed by atoms with E-state index in [1.54, 1.807) is 42.5 Å². The Balaban J connectivity index is 2.61. The van der Waals surface area contributed by atoms with Crippen LogP contribution in [0, 0.1) is 6.92 Å². The lowest BCUT2D eigenvalue weighted by Gasteiger charge is -2.29. The summed E-state index contributed by atoms with van der Waals surface area (Å²) in [6.07, 6.45) is 0. The molecule has 2 aromatic carbocycles. The van der Waals surface area contributed by atoms with E-state index in [0.717, 1.165) is 10.5 Å². The number of carboxylic acids is 1. The minimum Gasteiger partial charge on any atom is -0.495 e. The summed E-state index contributed by atoms with van der Waals surface area (Å²) in [5, 5.41) is 9.67. The molecule has 1 unspecified atom stereocenters. The first-order chi connectivity index (χ1) is 11.0.